The highest BCUT2D eigenvalue weighted by Gasteiger charge is 2.35. The molecule has 2 aliphatic heterocycles. The molecule has 0 N–H and O–H groups in total. The fourth-order valence-corrected chi connectivity index (χ4v) is 6.80. The Morgan fingerprint density at radius 3 is 2.14 bits per heavy atom. The third kappa shape index (κ3) is 4.32. The summed E-state index contributed by atoms with van der Waals surface area (Å²) in [4.78, 5) is 5.28. The van der Waals surface area contributed by atoms with Crippen LogP contribution < -0.4 is 9.64 Å². The van der Waals surface area contributed by atoms with E-state index >= 15 is 0 Å². The summed E-state index contributed by atoms with van der Waals surface area (Å²) in [5.74, 6) is 0.982. The van der Waals surface area contributed by atoms with Gasteiger partial charge in [0, 0.05) is 35.8 Å². The highest BCUT2D eigenvalue weighted by atomic mass is 16.5. The van der Waals surface area contributed by atoms with Crippen LogP contribution >= 0.6 is 0 Å². The molecule has 0 aromatic heterocycles. The third-order valence-corrected chi connectivity index (χ3v) is 8.99. The van der Waals surface area contributed by atoms with Crippen LogP contribution in [-0.2, 0) is 12.0 Å². The molecule has 0 bridgehead atoms. The zero-order chi connectivity index (χ0) is 25.6. The molecule has 3 aromatic carbocycles. The number of likely N-dealkylation sites (tertiary alicyclic amines) is 1. The molecule has 0 amide bonds. The standard InChI is InChI=1S/C33H42N2O/c1-22-23(2)25(4)32(26(5)24(22)3)33(6,7)21-34-18-12-14-28(34)19-35-29-15-9-8-13-27(29)20-36-31-17-11-10-16-30(31)35/h8-11,13,15-17,28H,12,14,18-21H2,1-7H3. The van der Waals surface area contributed by atoms with Gasteiger partial charge in [0.1, 0.15) is 12.4 Å². The van der Waals surface area contributed by atoms with E-state index in [2.05, 4.69) is 107 Å². The summed E-state index contributed by atoms with van der Waals surface area (Å²) in [5, 5.41) is 0. The van der Waals surface area contributed by atoms with Crippen molar-refractivity contribution in [3.05, 3.63) is 87.5 Å². The second kappa shape index (κ2) is 9.59. The van der Waals surface area contributed by atoms with Crippen LogP contribution in [0.5, 0.6) is 5.75 Å². The molecule has 1 saturated heterocycles. The minimum atomic E-state index is 0.0810. The molecule has 0 aliphatic carbocycles. The van der Waals surface area contributed by atoms with Crippen molar-refractivity contribution >= 4 is 11.4 Å². The first-order valence-corrected chi connectivity index (χ1v) is 13.6. The first-order chi connectivity index (χ1) is 17.2. The predicted molar refractivity (Wildman–Crippen MR) is 152 cm³/mol. The first kappa shape index (κ1) is 24.9. The van der Waals surface area contributed by atoms with Gasteiger partial charge in [-0.3, -0.25) is 4.90 Å². The predicted octanol–water partition coefficient (Wildman–Crippen LogP) is 7.70. The van der Waals surface area contributed by atoms with Gasteiger partial charge in [-0.15, -0.1) is 0 Å². The van der Waals surface area contributed by atoms with Gasteiger partial charge in [0.25, 0.3) is 0 Å². The van der Waals surface area contributed by atoms with Gasteiger partial charge in [-0.1, -0.05) is 44.2 Å². The monoisotopic (exact) mass is 482 g/mol. The Bertz CT molecular complexity index is 1200. The lowest BCUT2D eigenvalue weighted by atomic mass is 9.75. The molecule has 36 heavy (non-hydrogen) atoms. The first-order valence-electron chi connectivity index (χ1n) is 13.6. The summed E-state index contributed by atoms with van der Waals surface area (Å²) in [7, 11) is 0. The van der Waals surface area contributed by atoms with Crippen LogP contribution in [0, 0.1) is 34.6 Å². The van der Waals surface area contributed by atoms with Gasteiger partial charge in [0.2, 0.25) is 0 Å². The van der Waals surface area contributed by atoms with Crippen molar-refractivity contribution in [2.24, 2.45) is 0 Å². The van der Waals surface area contributed by atoms with E-state index in [1.54, 1.807) is 5.56 Å². The zero-order valence-electron chi connectivity index (χ0n) is 23.2. The van der Waals surface area contributed by atoms with Crippen molar-refractivity contribution < 1.29 is 4.74 Å². The smallest absolute Gasteiger partial charge is 0.143 e. The largest absolute Gasteiger partial charge is 0.487 e. The minimum absolute atomic E-state index is 0.0810. The Morgan fingerprint density at radius 2 is 1.42 bits per heavy atom. The Balaban J connectivity index is 1.46. The second-order valence-electron chi connectivity index (χ2n) is 11.6. The number of fused-ring (bicyclic) bond motifs is 2. The Morgan fingerprint density at radius 1 is 0.806 bits per heavy atom. The molecule has 190 valence electrons. The van der Waals surface area contributed by atoms with Gasteiger partial charge >= 0.3 is 0 Å². The highest BCUT2D eigenvalue weighted by molar-refractivity contribution is 5.73. The lowest BCUT2D eigenvalue weighted by Crippen LogP contribution is -2.45. The van der Waals surface area contributed by atoms with E-state index in [1.165, 1.54) is 64.1 Å². The fourth-order valence-electron chi connectivity index (χ4n) is 6.80. The van der Waals surface area contributed by atoms with E-state index in [0.29, 0.717) is 12.6 Å². The van der Waals surface area contributed by atoms with E-state index in [9.17, 15) is 0 Å². The Labute approximate surface area is 218 Å². The summed E-state index contributed by atoms with van der Waals surface area (Å²) in [6.07, 6.45) is 2.50. The van der Waals surface area contributed by atoms with Crippen molar-refractivity contribution in [2.45, 2.75) is 79.4 Å². The number of hydrogen-bond donors (Lipinski definition) is 0. The van der Waals surface area contributed by atoms with Crippen LogP contribution in [0.3, 0.4) is 0 Å². The molecule has 0 radical (unpaired) electrons. The van der Waals surface area contributed by atoms with E-state index in [1.807, 2.05) is 0 Å². The van der Waals surface area contributed by atoms with Crippen LogP contribution in [0.25, 0.3) is 0 Å². The van der Waals surface area contributed by atoms with E-state index in [0.717, 1.165) is 18.8 Å². The molecular formula is C33H42N2O. The quantitative estimate of drug-likeness (QED) is 0.370. The third-order valence-electron chi connectivity index (χ3n) is 8.99. The molecule has 1 fully saturated rings. The maximum absolute atomic E-state index is 6.24. The molecule has 3 heteroatoms. The SMILES string of the molecule is Cc1c(C)c(C)c(C(C)(C)CN2CCCC2CN2c3ccccc3COc3ccccc32)c(C)c1C. The van der Waals surface area contributed by atoms with Crippen molar-refractivity contribution in [2.75, 3.05) is 24.5 Å². The van der Waals surface area contributed by atoms with Gasteiger partial charge in [-0.05, 0) is 106 Å². The molecule has 5 rings (SSSR count). The Kier molecular flexibility index (Phi) is 6.63. The maximum atomic E-state index is 6.24. The molecule has 2 heterocycles. The fraction of sp³-hybridized carbons (Fsp3) is 0.455. The molecule has 1 unspecified atom stereocenters. The summed E-state index contributed by atoms with van der Waals surface area (Å²) in [6.45, 7) is 20.3. The number of nitrogens with zero attached hydrogens (tertiary/aromatic N) is 2. The number of hydrogen-bond acceptors (Lipinski definition) is 3. The van der Waals surface area contributed by atoms with Crippen LogP contribution in [0.15, 0.2) is 48.5 Å². The van der Waals surface area contributed by atoms with Crippen molar-refractivity contribution in [3.63, 3.8) is 0 Å². The maximum Gasteiger partial charge on any atom is 0.143 e. The van der Waals surface area contributed by atoms with Crippen molar-refractivity contribution in [3.8, 4) is 5.75 Å². The summed E-state index contributed by atoms with van der Waals surface area (Å²) in [5.41, 5.74) is 12.7. The normalized spacial score (nSPS) is 18.0. The summed E-state index contributed by atoms with van der Waals surface area (Å²) < 4.78 is 6.24. The van der Waals surface area contributed by atoms with Crippen LogP contribution in [0.2, 0.25) is 0 Å². The molecule has 2 aliphatic rings. The van der Waals surface area contributed by atoms with Gasteiger partial charge in [0.05, 0.1) is 5.69 Å². The number of ether oxygens (including phenoxy) is 1. The van der Waals surface area contributed by atoms with E-state index in [4.69, 9.17) is 4.74 Å². The molecule has 1 atom stereocenters. The molecule has 0 saturated carbocycles. The van der Waals surface area contributed by atoms with Crippen LogP contribution in [0.4, 0.5) is 11.4 Å². The van der Waals surface area contributed by atoms with Crippen LogP contribution in [-0.4, -0.2) is 30.6 Å². The summed E-state index contributed by atoms with van der Waals surface area (Å²) in [6, 6.07) is 17.8. The van der Waals surface area contributed by atoms with Crippen molar-refractivity contribution in [1.82, 2.24) is 4.90 Å². The Hall–Kier alpha value is -2.78. The lowest BCUT2D eigenvalue weighted by Gasteiger charge is -2.39. The van der Waals surface area contributed by atoms with Crippen molar-refractivity contribution in [1.29, 1.82) is 0 Å². The summed E-state index contributed by atoms with van der Waals surface area (Å²) >= 11 is 0. The minimum Gasteiger partial charge on any atom is -0.487 e. The van der Waals surface area contributed by atoms with E-state index in [-0.39, 0.29) is 5.41 Å². The number of anilines is 2. The average Bonchev–Trinajstić information content (AvgIpc) is 3.22. The number of para-hydroxylation sites is 3. The second-order valence-corrected chi connectivity index (χ2v) is 11.6. The zero-order valence-corrected chi connectivity index (χ0v) is 23.2. The van der Waals surface area contributed by atoms with Crippen LogP contribution in [0.1, 0.15) is 65.6 Å². The van der Waals surface area contributed by atoms with Gasteiger partial charge in [0.15, 0.2) is 0 Å². The van der Waals surface area contributed by atoms with Gasteiger partial charge in [-0.2, -0.15) is 0 Å². The topological polar surface area (TPSA) is 15.7 Å². The molecular weight excluding hydrogens is 440 g/mol. The average molecular weight is 483 g/mol. The van der Waals surface area contributed by atoms with Gasteiger partial charge in [-0.25, -0.2) is 0 Å². The van der Waals surface area contributed by atoms with E-state index < -0.39 is 0 Å². The number of benzene rings is 3. The number of rotatable bonds is 5. The molecule has 0 spiro atoms. The highest BCUT2D eigenvalue weighted by Crippen LogP contribution is 2.41. The molecule has 3 nitrogen and oxygen atoms in total. The molecule has 3 aromatic rings. The lowest BCUT2D eigenvalue weighted by molar-refractivity contribution is 0.210. The van der Waals surface area contributed by atoms with Gasteiger partial charge < -0.3 is 9.64 Å².